The molecule has 1 aliphatic carbocycles. The van der Waals surface area contributed by atoms with E-state index in [9.17, 15) is 32.3 Å². The van der Waals surface area contributed by atoms with Gasteiger partial charge < -0.3 is 10.6 Å². The molecule has 34 heavy (non-hydrogen) atoms. The van der Waals surface area contributed by atoms with Crippen LogP contribution < -0.4 is 10.6 Å². The Morgan fingerprint density at radius 1 is 0.941 bits per heavy atom. The molecule has 7 nitrogen and oxygen atoms in total. The Morgan fingerprint density at radius 3 is 2.35 bits per heavy atom. The fourth-order valence-electron chi connectivity index (χ4n) is 4.32. The highest BCUT2D eigenvalue weighted by Crippen LogP contribution is 2.31. The Kier molecular flexibility index (Phi) is 6.41. The number of imide groups is 1. The van der Waals surface area contributed by atoms with Crippen LogP contribution in [-0.4, -0.2) is 40.7 Å². The second-order valence-corrected chi connectivity index (χ2v) is 8.37. The number of amides is 4. The van der Waals surface area contributed by atoms with Crippen LogP contribution in [0.5, 0.6) is 0 Å². The molecule has 2 aliphatic rings. The molecule has 2 aromatic carbocycles. The van der Waals surface area contributed by atoms with E-state index in [4.69, 9.17) is 0 Å². The number of nitrogens with zero attached hydrogens (tertiary/aromatic N) is 1. The number of anilines is 1. The standard InChI is InChI=1S/C24H22F3N3O4/c25-24(26,27)23(34)29-16-6-4-5-14(11-16)13-28-20(31)15-9-10-18-19(12-15)22(33)30(21(18)32)17-7-2-1-3-8-17/h4-6,9-12,17H,1-3,7-8,13H2,(H,28,31)(H,29,34). The first-order valence-electron chi connectivity index (χ1n) is 10.9. The molecule has 2 aromatic rings. The van der Waals surface area contributed by atoms with Gasteiger partial charge >= 0.3 is 12.1 Å². The van der Waals surface area contributed by atoms with E-state index in [0.717, 1.165) is 32.1 Å². The lowest BCUT2D eigenvalue weighted by molar-refractivity contribution is -0.167. The molecule has 0 atom stereocenters. The van der Waals surface area contributed by atoms with Gasteiger partial charge in [-0.1, -0.05) is 31.4 Å². The predicted octanol–water partition coefficient (Wildman–Crippen LogP) is 4.05. The Labute approximate surface area is 193 Å². The molecule has 1 heterocycles. The van der Waals surface area contributed by atoms with E-state index < -0.39 is 23.9 Å². The van der Waals surface area contributed by atoms with Gasteiger partial charge in [0, 0.05) is 23.8 Å². The van der Waals surface area contributed by atoms with Crippen molar-refractivity contribution in [3.63, 3.8) is 0 Å². The monoisotopic (exact) mass is 473 g/mol. The van der Waals surface area contributed by atoms with Crippen molar-refractivity contribution in [2.75, 3.05) is 5.32 Å². The molecule has 0 bridgehead atoms. The minimum absolute atomic E-state index is 0.0211. The van der Waals surface area contributed by atoms with Crippen molar-refractivity contribution >= 4 is 29.3 Å². The van der Waals surface area contributed by atoms with Crippen molar-refractivity contribution in [1.29, 1.82) is 0 Å². The van der Waals surface area contributed by atoms with Crippen LogP contribution >= 0.6 is 0 Å². The molecule has 10 heteroatoms. The van der Waals surface area contributed by atoms with Crippen molar-refractivity contribution in [2.45, 2.75) is 50.9 Å². The summed E-state index contributed by atoms with van der Waals surface area (Å²) in [5.74, 6) is -3.33. The molecule has 1 aliphatic heterocycles. The van der Waals surface area contributed by atoms with E-state index in [-0.39, 0.29) is 40.9 Å². The third-order valence-corrected chi connectivity index (χ3v) is 6.02. The zero-order valence-electron chi connectivity index (χ0n) is 18.1. The molecular weight excluding hydrogens is 451 g/mol. The molecule has 4 amide bonds. The van der Waals surface area contributed by atoms with Gasteiger partial charge in [-0.2, -0.15) is 13.2 Å². The van der Waals surface area contributed by atoms with Crippen molar-refractivity contribution in [3.05, 3.63) is 64.7 Å². The van der Waals surface area contributed by atoms with Crippen LogP contribution in [-0.2, 0) is 11.3 Å². The number of rotatable bonds is 5. The Balaban J connectivity index is 1.42. The lowest BCUT2D eigenvalue weighted by Crippen LogP contribution is -2.40. The van der Waals surface area contributed by atoms with E-state index in [1.807, 2.05) is 0 Å². The van der Waals surface area contributed by atoms with Gasteiger partial charge in [-0.05, 0) is 48.7 Å². The highest BCUT2D eigenvalue weighted by Gasteiger charge is 2.40. The predicted molar refractivity (Wildman–Crippen MR) is 116 cm³/mol. The van der Waals surface area contributed by atoms with Gasteiger partial charge in [0.1, 0.15) is 0 Å². The highest BCUT2D eigenvalue weighted by atomic mass is 19.4. The molecule has 0 aromatic heterocycles. The lowest BCUT2D eigenvalue weighted by Gasteiger charge is -2.29. The summed E-state index contributed by atoms with van der Waals surface area (Å²) < 4.78 is 37.3. The van der Waals surface area contributed by atoms with E-state index in [1.54, 1.807) is 11.4 Å². The summed E-state index contributed by atoms with van der Waals surface area (Å²) in [6, 6.07) is 9.86. The second kappa shape index (κ2) is 9.28. The fraction of sp³-hybridized carbons (Fsp3) is 0.333. The molecule has 178 valence electrons. The number of carbonyl (C=O) groups excluding carboxylic acids is 4. The summed E-state index contributed by atoms with van der Waals surface area (Å²) in [4.78, 5) is 50.7. The maximum absolute atomic E-state index is 12.9. The topological polar surface area (TPSA) is 95.6 Å². The maximum Gasteiger partial charge on any atom is 0.471 e. The molecule has 0 saturated heterocycles. The van der Waals surface area contributed by atoms with E-state index >= 15 is 0 Å². The first-order chi connectivity index (χ1) is 16.1. The molecule has 0 spiro atoms. The zero-order chi connectivity index (χ0) is 24.5. The minimum Gasteiger partial charge on any atom is -0.348 e. The van der Waals surface area contributed by atoms with Gasteiger partial charge in [0.25, 0.3) is 17.7 Å². The molecule has 4 rings (SSSR count). The van der Waals surface area contributed by atoms with Crippen molar-refractivity contribution < 1.29 is 32.3 Å². The van der Waals surface area contributed by atoms with Crippen molar-refractivity contribution in [2.24, 2.45) is 0 Å². The first-order valence-corrected chi connectivity index (χ1v) is 10.9. The third kappa shape index (κ3) is 4.80. The Morgan fingerprint density at radius 2 is 1.65 bits per heavy atom. The number of hydrogen-bond acceptors (Lipinski definition) is 4. The zero-order valence-corrected chi connectivity index (χ0v) is 18.1. The number of halogens is 3. The van der Waals surface area contributed by atoms with Crippen LogP contribution in [0.1, 0.15) is 68.7 Å². The summed E-state index contributed by atoms with van der Waals surface area (Å²) in [5.41, 5.74) is 1.06. The number of nitrogens with one attached hydrogen (secondary N) is 2. The van der Waals surface area contributed by atoms with Gasteiger partial charge in [0.05, 0.1) is 11.1 Å². The molecule has 0 unspecified atom stereocenters. The minimum atomic E-state index is -5.01. The number of fused-ring (bicyclic) bond motifs is 1. The van der Waals surface area contributed by atoms with Crippen molar-refractivity contribution in [3.8, 4) is 0 Å². The second-order valence-electron chi connectivity index (χ2n) is 8.37. The number of carbonyl (C=O) groups is 4. The highest BCUT2D eigenvalue weighted by molar-refractivity contribution is 6.22. The van der Waals surface area contributed by atoms with Gasteiger partial charge in [-0.15, -0.1) is 0 Å². The van der Waals surface area contributed by atoms with Gasteiger partial charge in [0.15, 0.2) is 0 Å². The first kappa shape index (κ1) is 23.5. The van der Waals surface area contributed by atoms with Gasteiger partial charge in [0.2, 0.25) is 0 Å². The Hall–Kier alpha value is -3.69. The summed E-state index contributed by atoms with van der Waals surface area (Å²) in [6.07, 6.45) is -0.438. The summed E-state index contributed by atoms with van der Waals surface area (Å²) >= 11 is 0. The van der Waals surface area contributed by atoms with Gasteiger partial charge in [-0.3, -0.25) is 24.1 Å². The number of alkyl halides is 3. The van der Waals surface area contributed by atoms with Gasteiger partial charge in [-0.25, -0.2) is 0 Å². The molecule has 2 N–H and O–H groups in total. The molecular formula is C24H22F3N3O4. The summed E-state index contributed by atoms with van der Waals surface area (Å²) in [7, 11) is 0. The Bertz CT molecular complexity index is 1160. The smallest absolute Gasteiger partial charge is 0.348 e. The van der Waals surface area contributed by atoms with Crippen LogP contribution in [0.3, 0.4) is 0 Å². The molecule has 1 saturated carbocycles. The third-order valence-electron chi connectivity index (χ3n) is 6.02. The number of hydrogen-bond donors (Lipinski definition) is 2. The largest absolute Gasteiger partial charge is 0.471 e. The van der Waals surface area contributed by atoms with Crippen LogP contribution in [0.15, 0.2) is 42.5 Å². The van der Waals surface area contributed by atoms with Crippen LogP contribution in [0, 0.1) is 0 Å². The average Bonchev–Trinajstić information content (AvgIpc) is 3.07. The van der Waals surface area contributed by atoms with Crippen LogP contribution in [0.4, 0.5) is 18.9 Å². The fourth-order valence-corrected chi connectivity index (χ4v) is 4.32. The summed E-state index contributed by atoms with van der Waals surface area (Å²) in [6.45, 7) is -0.0211. The number of benzene rings is 2. The normalized spacial score (nSPS) is 16.4. The molecule has 0 radical (unpaired) electrons. The average molecular weight is 473 g/mol. The maximum atomic E-state index is 12.9. The lowest BCUT2D eigenvalue weighted by atomic mass is 9.94. The quantitative estimate of drug-likeness (QED) is 0.641. The van der Waals surface area contributed by atoms with E-state index in [2.05, 4.69) is 5.32 Å². The van der Waals surface area contributed by atoms with Crippen LogP contribution in [0.25, 0.3) is 0 Å². The van der Waals surface area contributed by atoms with Crippen LogP contribution in [0.2, 0.25) is 0 Å². The van der Waals surface area contributed by atoms with E-state index in [1.165, 1.54) is 41.3 Å². The van der Waals surface area contributed by atoms with E-state index in [0.29, 0.717) is 5.56 Å². The SMILES string of the molecule is O=C(NCc1cccc(NC(=O)C(F)(F)F)c1)c1ccc2c(c1)C(=O)N(C1CCCCC1)C2=O. The molecule has 1 fully saturated rings. The van der Waals surface area contributed by atoms with Crippen molar-refractivity contribution in [1.82, 2.24) is 10.2 Å². The summed E-state index contributed by atoms with van der Waals surface area (Å²) in [5, 5.41) is 4.39.